The van der Waals surface area contributed by atoms with Gasteiger partial charge in [0.25, 0.3) is 0 Å². The maximum absolute atomic E-state index is 13.8. The lowest BCUT2D eigenvalue weighted by Crippen LogP contribution is -2.59. The normalized spacial score (nSPS) is 15.7. The smallest absolute Gasteiger partial charge is 0.243 e. The number of amides is 3. The van der Waals surface area contributed by atoms with Crippen molar-refractivity contribution in [2.75, 3.05) is 19.7 Å². The zero-order valence-electron chi connectivity index (χ0n) is 28.6. The quantitative estimate of drug-likeness (QED) is 0.182. The summed E-state index contributed by atoms with van der Waals surface area (Å²) in [4.78, 5) is 38.8. The van der Waals surface area contributed by atoms with Gasteiger partial charge in [-0.3, -0.25) is 19.7 Å². The maximum atomic E-state index is 13.8. The van der Waals surface area contributed by atoms with Crippen LogP contribution in [0.25, 0.3) is 0 Å². The highest BCUT2D eigenvalue weighted by atomic mass is 32.2. The highest BCUT2D eigenvalue weighted by Gasteiger charge is 2.36. The molecule has 12 heteroatoms. The fraction of sp³-hybridized carbons (Fsp3) is 0.571. The molecule has 260 valence electrons. The highest BCUT2D eigenvalue weighted by molar-refractivity contribution is 7.92. The van der Waals surface area contributed by atoms with Crippen molar-refractivity contribution in [2.24, 2.45) is 17.3 Å². The maximum Gasteiger partial charge on any atom is 0.243 e. The number of benzene rings is 2. The molecular formula is C35H52N4O7S. The lowest BCUT2D eigenvalue weighted by atomic mass is 9.85. The van der Waals surface area contributed by atoms with Gasteiger partial charge in [-0.15, -0.1) is 0 Å². The van der Waals surface area contributed by atoms with Crippen molar-refractivity contribution in [3.63, 3.8) is 0 Å². The number of carbonyl (C=O) groups excluding carboxylic acids is 3. The van der Waals surface area contributed by atoms with Gasteiger partial charge in [-0.05, 0) is 53.0 Å². The Bertz CT molecular complexity index is 1470. The van der Waals surface area contributed by atoms with Crippen LogP contribution in [-0.4, -0.2) is 74.5 Å². The van der Waals surface area contributed by atoms with Gasteiger partial charge in [0.1, 0.15) is 17.2 Å². The van der Waals surface area contributed by atoms with Crippen LogP contribution in [0.5, 0.6) is 5.75 Å². The van der Waals surface area contributed by atoms with E-state index in [4.69, 9.17) is 4.74 Å². The Hall–Kier alpha value is -3.48. The molecule has 0 aliphatic carbocycles. The van der Waals surface area contributed by atoms with Crippen molar-refractivity contribution >= 4 is 27.6 Å². The second-order valence-corrected chi connectivity index (χ2v) is 16.2. The van der Waals surface area contributed by atoms with Gasteiger partial charge < -0.3 is 25.8 Å². The summed E-state index contributed by atoms with van der Waals surface area (Å²) < 4.78 is 33.0. The molecule has 0 fully saturated rings. The summed E-state index contributed by atoms with van der Waals surface area (Å²) >= 11 is 0. The molecular weight excluding hydrogens is 620 g/mol. The number of hydrogen-bond acceptors (Lipinski definition) is 8. The van der Waals surface area contributed by atoms with E-state index >= 15 is 0 Å². The molecule has 1 heterocycles. The molecule has 0 radical (unpaired) electrons. The molecule has 0 bridgehead atoms. The number of carbonyl (C=O) groups is 3. The van der Waals surface area contributed by atoms with Gasteiger partial charge in [0.05, 0.1) is 30.2 Å². The first-order valence-electron chi connectivity index (χ1n) is 16.3. The molecule has 0 saturated carbocycles. The van der Waals surface area contributed by atoms with Crippen molar-refractivity contribution in [3.8, 4) is 5.75 Å². The number of nitrogens with one attached hydrogen (secondary N) is 4. The van der Waals surface area contributed by atoms with Gasteiger partial charge in [-0.2, -0.15) is 0 Å². The van der Waals surface area contributed by atoms with Crippen LogP contribution >= 0.6 is 0 Å². The molecule has 2 aromatic rings. The summed E-state index contributed by atoms with van der Waals surface area (Å²) in [5.74, 6) is -0.778. The van der Waals surface area contributed by atoms with Crippen LogP contribution in [0.1, 0.15) is 66.0 Å². The van der Waals surface area contributed by atoms with Gasteiger partial charge >= 0.3 is 0 Å². The van der Waals surface area contributed by atoms with Crippen LogP contribution < -0.4 is 26.0 Å². The lowest BCUT2D eigenvalue weighted by molar-refractivity contribution is -0.133. The predicted molar refractivity (Wildman–Crippen MR) is 181 cm³/mol. The van der Waals surface area contributed by atoms with E-state index < -0.39 is 50.6 Å². The molecule has 11 nitrogen and oxygen atoms in total. The number of hydrogen-bond donors (Lipinski definition) is 5. The highest BCUT2D eigenvalue weighted by Crippen LogP contribution is 2.30. The van der Waals surface area contributed by atoms with Crippen molar-refractivity contribution in [2.45, 2.75) is 96.2 Å². The molecule has 47 heavy (non-hydrogen) atoms. The fourth-order valence-electron chi connectivity index (χ4n) is 5.50. The van der Waals surface area contributed by atoms with E-state index in [1.807, 2.05) is 65.0 Å². The van der Waals surface area contributed by atoms with Crippen LogP contribution in [0.4, 0.5) is 0 Å². The molecule has 0 spiro atoms. The number of aliphatic hydroxyl groups excluding tert-OH is 1. The lowest BCUT2D eigenvalue weighted by Gasteiger charge is -2.34. The van der Waals surface area contributed by atoms with E-state index in [2.05, 4.69) is 21.3 Å². The Balaban J connectivity index is 1.77. The summed E-state index contributed by atoms with van der Waals surface area (Å²) in [5, 5.41) is 21.8. The second-order valence-electron chi connectivity index (χ2n) is 14.1. The topological polar surface area (TPSA) is 163 Å². The van der Waals surface area contributed by atoms with Gasteiger partial charge in [0.15, 0.2) is 9.84 Å². The third kappa shape index (κ3) is 11.0. The predicted octanol–water partition coefficient (Wildman–Crippen LogP) is 2.75. The number of fused-ring (bicyclic) bond motifs is 1. The summed E-state index contributed by atoms with van der Waals surface area (Å²) in [6, 6.07) is 12.4. The first-order valence-corrected chi connectivity index (χ1v) is 17.8. The minimum Gasteiger partial charge on any atom is -0.493 e. The zero-order chi connectivity index (χ0) is 34.9. The summed E-state index contributed by atoms with van der Waals surface area (Å²) in [6.07, 6.45) is -0.00298. The van der Waals surface area contributed by atoms with Crippen molar-refractivity contribution in [3.05, 3.63) is 59.7 Å². The molecule has 0 saturated heterocycles. The SMILES string of the molecule is CC(C)CC(=O)NCC(=O)NC(C(=O)NC(Cc1ccccc1)C(O)CNC(C(C)C)S(=O)(=O)c1ccc2c(c1)CCO2)C(C)(C)C. The summed E-state index contributed by atoms with van der Waals surface area (Å²) in [6.45, 7) is 12.9. The average Bonchev–Trinajstić information content (AvgIpc) is 3.46. The van der Waals surface area contributed by atoms with Gasteiger partial charge in [-0.25, -0.2) is 8.42 Å². The molecule has 4 atom stereocenters. The van der Waals surface area contributed by atoms with E-state index in [1.165, 1.54) is 0 Å². The molecule has 3 amide bonds. The monoisotopic (exact) mass is 672 g/mol. The Labute approximate surface area is 279 Å². The molecule has 0 aromatic heterocycles. The third-order valence-corrected chi connectivity index (χ3v) is 10.3. The Kier molecular flexibility index (Phi) is 13.4. The summed E-state index contributed by atoms with van der Waals surface area (Å²) in [5.41, 5.74) is 0.993. The number of ether oxygens (including phenoxy) is 1. The molecule has 1 aliphatic rings. The summed E-state index contributed by atoms with van der Waals surface area (Å²) in [7, 11) is -3.83. The molecule has 4 unspecified atom stereocenters. The van der Waals surface area contributed by atoms with Crippen LogP contribution in [-0.2, 0) is 37.1 Å². The van der Waals surface area contributed by atoms with Gasteiger partial charge in [-0.1, -0.05) is 78.8 Å². The number of rotatable bonds is 16. The van der Waals surface area contributed by atoms with Crippen LogP contribution in [0.3, 0.4) is 0 Å². The molecule has 2 aromatic carbocycles. The van der Waals surface area contributed by atoms with E-state index in [0.717, 1.165) is 11.1 Å². The van der Waals surface area contributed by atoms with E-state index in [0.29, 0.717) is 18.8 Å². The standard InChI is InChI=1S/C35H52N4O7S/c1-22(2)17-30(41)36-21-31(42)39-32(35(5,6)7)33(43)38-27(18-24-11-9-8-10-12-24)28(40)20-37-34(23(3)4)47(44,45)26-13-14-29-25(19-26)15-16-46-29/h8-14,19,22-23,27-28,32,34,37,40H,15-18,20-21H2,1-7H3,(H,36,41)(H,38,43)(H,39,42). The first-order chi connectivity index (χ1) is 22.0. The zero-order valence-corrected chi connectivity index (χ0v) is 29.4. The number of sulfone groups is 1. The second kappa shape index (κ2) is 16.6. The van der Waals surface area contributed by atoms with Crippen LogP contribution in [0.2, 0.25) is 0 Å². The van der Waals surface area contributed by atoms with E-state index in [-0.39, 0.29) is 48.6 Å². The number of aliphatic hydroxyl groups is 1. The third-order valence-electron chi connectivity index (χ3n) is 8.02. The Morgan fingerprint density at radius 2 is 1.64 bits per heavy atom. The van der Waals surface area contributed by atoms with Crippen molar-refractivity contribution < 1.29 is 32.6 Å². The van der Waals surface area contributed by atoms with E-state index in [9.17, 15) is 27.9 Å². The molecule has 1 aliphatic heterocycles. The Morgan fingerprint density at radius 3 is 2.26 bits per heavy atom. The molecule has 5 N–H and O–H groups in total. The Morgan fingerprint density at radius 1 is 0.957 bits per heavy atom. The molecule has 3 rings (SSSR count). The van der Waals surface area contributed by atoms with Gasteiger partial charge in [0, 0.05) is 19.4 Å². The van der Waals surface area contributed by atoms with Crippen LogP contribution in [0.15, 0.2) is 53.4 Å². The van der Waals surface area contributed by atoms with Gasteiger partial charge in [0.2, 0.25) is 17.7 Å². The van der Waals surface area contributed by atoms with Crippen LogP contribution in [0, 0.1) is 17.3 Å². The largest absolute Gasteiger partial charge is 0.493 e. The first kappa shape index (κ1) is 38.0. The average molecular weight is 673 g/mol. The van der Waals surface area contributed by atoms with Crippen molar-refractivity contribution in [1.29, 1.82) is 0 Å². The fourth-order valence-corrected chi connectivity index (χ4v) is 7.39. The van der Waals surface area contributed by atoms with Crippen molar-refractivity contribution in [1.82, 2.24) is 21.3 Å². The van der Waals surface area contributed by atoms with E-state index in [1.54, 1.807) is 32.0 Å². The minimum atomic E-state index is -3.83. The minimum absolute atomic E-state index is 0.123.